The van der Waals surface area contributed by atoms with E-state index in [1.54, 1.807) is 30.3 Å². The SMILES string of the molecule is CCOC(=O)OS(=O)(=O)C(N)Cc1ccccc1. The Morgan fingerprint density at radius 2 is 1.94 bits per heavy atom. The molecule has 1 unspecified atom stereocenters. The Kier molecular flexibility index (Phi) is 5.11. The molecule has 1 atom stereocenters. The summed E-state index contributed by atoms with van der Waals surface area (Å²) in [6.07, 6.45) is -1.20. The van der Waals surface area contributed by atoms with Gasteiger partial charge in [0.25, 0.3) is 0 Å². The third-order valence-corrected chi connectivity index (χ3v) is 3.37. The Bertz CT molecular complexity index is 485. The first kappa shape index (κ1) is 14.5. The Morgan fingerprint density at radius 3 is 2.50 bits per heavy atom. The number of benzene rings is 1. The first-order valence-electron chi connectivity index (χ1n) is 5.35. The van der Waals surface area contributed by atoms with E-state index in [2.05, 4.69) is 8.92 Å². The second-order valence-corrected chi connectivity index (χ2v) is 5.25. The fourth-order valence-corrected chi connectivity index (χ4v) is 2.00. The van der Waals surface area contributed by atoms with E-state index < -0.39 is 21.6 Å². The van der Waals surface area contributed by atoms with Gasteiger partial charge in [-0.1, -0.05) is 30.3 Å². The molecule has 100 valence electrons. The lowest BCUT2D eigenvalue weighted by Gasteiger charge is -2.12. The van der Waals surface area contributed by atoms with Gasteiger partial charge < -0.3 is 14.7 Å². The van der Waals surface area contributed by atoms with Gasteiger partial charge in [0.2, 0.25) is 0 Å². The fraction of sp³-hybridized carbons (Fsp3) is 0.364. The predicted octanol–water partition coefficient (Wildman–Crippen LogP) is 1.02. The Morgan fingerprint density at radius 1 is 1.33 bits per heavy atom. The lowest BCUT2D eigenvalue weighted by Crippen LogP contribution is -2.35. The average Bonchev–Trinajstić information content (AvgIpc) is 2.29. The summed E-state index contributed by atoms with van der Waals surface area (Å²) in [4.78, 5) is 10.9. The largest absolute Gasteiger partial charge is 0.524 e. The molecule has 0 aromatic heterocycles. The number of carbonyl (C=O) groups excluding carboxylic acids is 1. The molecule has 0 saturated heterocycles. The van der Waals surface area contributed by atoms with E-state index in [1.807, 2.05) is 0 Å². The minimum Gasteiger partial charge on any atom is -0.434 e. The van der Waals surface area contributed by atoms with Gasteiger partial charge in [0.1, 0.15) is 5.37 Å². The summed E-state index contributed by atoms with van der Waals surface area (Å²) < 4.78 is 31.7. The molecule has 0 saturated carbocycles. The summed E-state index contributed by atoms with van der Waals surface area (Å²) in [6.45, 7) is 1.57. The van der Waals surface area contributed by atoms with Crippen molar-refractivity contribution in [3.8, 4) is 0 Å². The first-order valence-corrected chi connectivity index (χ1v) is 6.82. The fourth-order valence-electron chi connectivity index (χ4n) is 1.25. The van der Waals surface area contributed by atoms with Crippen LogP contribution in [0, 0.1) is 0 Å². The number of hydrogen-bond acceptors (Lipinski definition) is 6. The zero-order chi connectivity index (χ0) is 13.6. The van der Waals surface area contributed by atoms with E-state index in [-0.39, 0.29) is 13.0 Å². The van der Waals surface area contributed by atoms with E-state index in [4.69, 9.17) is 5.73 Å². The van der Waals surface area contributed by atoms with Gasteiger partial charge in [-0.25, -0.2) is 4.79 Å². The van der Waals surface area contributed by atoms with Crippen LogP contribution >= 0.6 is 0 Å². The van der Waals surface area contributed by atoms with Gasteiger partial charge in [0.15, 0.2) is 0 Å². The summed E-state index contributed by atoms with van der Waals surface area (Å²) in [5.74, 6) is 0. The van der Waals surface area contributed by atoms with E-state index in [1.165, 1.54) is 6.92 Å². The minimum atomic E-state index is -4.18. The van der Waals surface area contributed by atoms with Crippen LogP contribution in [0.1, 0.15) is 12.5 Å². The number of nitrogens with two attached hydrogens (primary N) is 1. The van der Waals surface area contributed by atoms with E-state index in [9.17, 15) is 13.2 Å². The molecule has 0 bridgehead atoms. The van der Waals surface area contributed by atoms with E-state index >= 15 is 0 Å². The van der Waals surface area contributed by atoms with Gasteiger partial charge in [-0.3, -0.25) is 0 Å². The van der Waals surface area contributed by atoms with Crippen LogP contribution in [0.15, 0.2) is 30.3 Å². The smallest absolute Gasteiger partial charge is 0.434 e. The molecule has 0 fully saturated rings. The Labute approximate surface area is 106 Å². The zero-order valence-corrected chi connectivity index (χ0v) is 10.7. The first-order chi connectivity index (χ1) is 8.45. The van der Waals surface area contributed by atoms with Crippen molar-refractivity contribution in [1.82, 2.24) is 0 Å². The van der Waals surface area contributed by atoms with Crippen molar-refractivity contribution >= 4 is 16.3 Å². The minimum absolute atomic E-state index is 0.0300. The molecule has 0 radical (unpaired) electrons. The normalized spacial score (nSPS) is 12.8. The zero-order valence-electron chi connectivity index (χ0n) is 9.91. The summed E-state index contributed by atoms with van der Waals surface area (Å²) >= 11 is 0. The van der Waals surface area contributed by atoms with Crippen molar-refractivity contribution in [1.29, 1.82) is 0 Å². The molecule has 1 aromatic carbocycles. The van der Waals surface area contributed by atoms with Gasteiger partial charge in [0.05, 0.1) is 6.61 Å². The highest BCUT2D eigenvalue weighted by atomic mass is 32.2. The summed E-state index contributed by atoms with van der Waals surface area (Å²) in [5, 5.41) is -1.32. The van der Waals surface area contributed by atoms with Gasteiger partial charge in [0, 0.05) is 6.42 Å². The Hall–Kier alpha value is -1.60. The maximum Gasteiger partial charge on any atom is 0.524 e. The molecular weight excluding hydrogens is 258 g/mol. The summed E-state index contributed by atoms with van der Waals surface area (Å²) in [6, 6.07) is 8.81. The quantitative estimate of drug-likeness (QED) is 0.635. The number of hydrogen-bond donors (Lipinski definition) is 1. The van der Waals surface area contributed by atoms with Crippen LogP contribution < -0.4 is 5.73 Å². The third-order valence-electron chi connectivity index (χ3n) is 2.10. The topological polar surface area (TPSA) is 95.7 Å². The molecule has 0 amide bonds. The van der Waals surface area contributed by atoms with Crippen molar-refractivity contribution in [3.63, 3.8) is 0 Å². The summed E-state index contributed by atoms with van der Waals surface area (Å²) in [7, 11) is -4.18. The van der Waals surface area contributed by atoms with Crippen LogP contribution in [0.25, 0.3) is 0 Å². The molecule has 1 rings (SSSR count). The van der Waals surface area contributed by atoms with Crippen LogP contribution in [-0.4, -0.2) is 26.6 Å². The highest BCUT2D eigenvalue weighted by Gasteiger charge is 2.27. The molecule has 0 spiro atoms. The van der Waals surface area contributed by atoms with Crippen molar-refractivity contribution < 1.29 is 22.1 Å². The molecule has 0 aliphatic heterocycles. The van der Waals surface area contributed by atoms with Crippen LogP contribution in [0.4, 0.5) is 4.79 Å². The average molecular weight is 273 g/mol. The van der Waals surface area contributed by atoms with Crippen LogP contribution in [0.2, 0.25) is 0 Å². The van der Waals surface area contributed by atoms with Gasteiger partial charge >= 0.3 is 16.3 Å². The molecule has 7 heteroatoms. The molecule has 6 nitrogen and oxygen atoms in total. The third kappa shape index (κ3) is 4.34. The molecule has 1 aromatic rings. The lowest BCUT2D eigenvalue weighted by molar-refractivity contribution is 0.106. The predicted molar refractivity (Wildman–Crippen MR) is 65.1 cm³/mol. The maximum absolute atomic E-state index is 11.6. The highest BCUT2D eigenvalue weighted by Crippen LogP contribution is 2.08. The Balaban J connectivity index is 2.65. The number of ether oxygens (including phenoxy) is 1. The molecule has 0 heterocycles. The van der Waals surface area contributed by atoms with Crippen molar-refractivity contribution in [3.05, 3.63) is 35.9 Å². The second-order valence-electron chi connectivity index (χ2n) is 3.49. The molecule has 2 N–H and O–H groups in total. The van der Waals surface area contributed by atoms with Gasteiger partial charge in [-0.05, 0) is 12.5 Å². The van der Waals surface area contributed by atoms with Crippen molar-refractivity contribution in [2.75, 3.05) is 6.61 Å². The van der Waals surface area contributed by atoms with E-state index in [0.717, 1.165) is 5.56 Å². The highest BCUT2D eigenvalue weighted by molar-refractivity contribution is 7.87. The van der Waals surface area contributed by atoms with Gasteiger partial charge in [-0.15, -0.1) is 0 Å². The van der Waals surface area contributed by atoms with Crippen LogP contribution in [0.3, 0.4) is 0 Å². The number of carbonyl (C=O) groups is 1. The van der Waals surface area contributed by atoms with Crippen LogP contribution in [-0.2, 0) is 25.5 Å². The van der Waals surface area contributed by atoms with Crippen LogP contribution in [0.5, 0.6) is 0 Å². The van der Waals surface area contributed by atoms with Gasteiger partial charge in [-0.2, -0.15) is 8.42 Å². The molecular formula is C11H15NO5S. The second kappa shape index (κ2) is 6.36. The van der Waals surface area contributed by atoms with Crippen molar-refractivity contribution in [2.24, 2.45) is 5.73 Å². The standard InChI is InChI=1S/C11H15NO5S/c1-2-16-11(13)17-18(14,15)10(12)8-9-6-4-3-5-7-9/h3-7,10H,2,8,12H2,1H3. The van der Waals surface area contributed by atoms with E-state index in [0.29, 0.717) is 0 Å². The molecule has 0 aliphatic carbocycles. The molecule has 0 aliphatic rings. The van der Waals surface area contributed by atoms with Crippen molar-refractivity contribution in [2.45, 2.75) is 18.7 Å². The monoisotopic (exact) mass is 273 g/mol. The summed E-state index contributed by atoms with van der Waals surface area (Å²) in [5.41, 5.74) is 6.24. The number of rotatable bonds is 5. The molecule has 18 heavy (non-hydrogen) atoms. The lowest BCUT2D eigenvalue weighted by atomic mass is 10.2. The maximum atomic E-state index is 11.6.